The monoisotopic (exact) mass is 298 g/mol. The Morgan fingerprint density at radius 3 is 2.25 bits per heavy atom. The van der Waals surface area contributed by atoms with Gasteiger partial charge in [0.05, 0.1) is 6.61 Å². The molecule has 0 fully saturated rings. The standard InChI is InChI=1S/C10H10BrF3O2/c11-8-1-3-9(4-2-8)16-6-5-15-7-10(12,13)14/h1-4H,5-7H2. The second-order valence-corrected chi connectivity index (χ2v) is 3.89. The smallest absolute Gasteiger partial charge is 0.411 e. The quantitative estimate of drug-likeness (QED) is 0.776. The fraction of sp³-hybridized carbons (Fsp3) is 0.400. The number of rotatable bonds is 5. The number of halogens is 4. The van der Waals surface area contributed by atoms with Gasteiger partial charge in [-0.1, -0.05) is 15.9 Å². The lowest BCUT2D eigenvalue weighted by Gasteiger charge is -2.08. The third kappa shape index (κ3) is 5.97. The van der Waals surface area contributed by atoms with Crippen LogP contribution in [0.25, 0.3) is 0 Å². The predicted octanol–water partition coefficient (Wildman–Crippen LogP) is 3.41. The highest BCUT2D eigenvalue weighted by molar-refractivity contribution is 9.10. The maximum Gasteiger partial charge on any atom is 0.411 e. The molecule has 0 aliphatic rings. The lowest BCUT2D eigenvalue weighted by molar-refractivity contribution is -0.175. The SMILES string of the molecule is FC(F)(F)COCCOc1ccc(Br)cc1. The van der Waals surface area contributed by atoms with Crippen molar-refractivity contribution in [3.8, 4) is 5.75 Å². The van der Waals surface area contributed by atoms with Gasteiger partial charge in [-0.2, -0.15) is 13.2 Å². The Labute approximate surface area is 99.5 Å². The number of ether oxygens (including phenoxy) is 2. The van der Waals surface area contributed by atoms with Crippen molar-refractivity contribution < 1.29 is 22.6 Å². The van der Waals surface area contributed by atoms with Gasteiger partial charge in [0, 0.05) is 4.47 Å². The zero-order valence-electron chi connectivity index (χ0n) is 8.26. The number of alkyl halides is 3. The second-order valence-electron chi connectivity index (χ2n) is 2.97. The summed E-state index contributed by atoms with van der Waals surface area (Å²) in [5.41, 5.74) is 0. The first kappa shape index (κ1) is 13.3. The van der Waals surface area contributed by atoms with Gasteiger partial charge in [-0.05, 0) is 24.3 Å². The van der Waals surface area contributed by atoms with Crippen LogP contribution in [0.1, 0.15) is 0 Å². The molecule has 0 bridgehead atoms. The molecule has 2 nitrogen and oxygen atoms in total. The zero-order chi connectivity index (χ0) is 12.0. The molecular formula is C10H10BrF3O2. The summed E-state index contributed by atoms with van der Waals surface area (Å²) in [5.74, 6) is 0.596. The molecule has 0 spiro atoms. The normalized spacial score (nSPS) is 11.5. The van der Waals surface area contributed by atoms with Crippen LogP contribution in [-0.2, 0) is 4.74 Å². The van der Waals surface area contributed by atoms with E-state index in [0.717, 1.165) is 4.47 Å². The maximum atomic E-state index is 11.7. The van der Waals surface area contributed by atoms with Crippen LogP contribution in [0.5, 0.6) is 5.75 Å². The van der Waals surface area contributed by atoms with E-state index in [2.05, 4.69) is 20.7 Å². The molecule has 0 saturated heterocycles. The van der Waals surface area contributed by atoms with Gasteiger partial charge in [0.1, 0.15) is 19.0 Å². The summed E-state index contributed by atoms with van der Waals surface area (Å²) in [6, 6.07) is 7.00. The summed E-state index contributed by atoms with van der Waals surface area (Å²) in [5, 5.41) is 0. The molecule has 1 aromatic rings. The average molecular weight is 299 g/mol. The van der Waals surface area contributed by atoms with Crippen molar-refractivity contribution in [1.82, 2.24) is 0 Å². The number of hydrogen-bond donors (Lipinski definition) is 0. The van der Waals surface area contributed by atoms with Crippen molar-refractivity contribution in [2.45, 2.75) is 6.18 Å². The van der Waals surface area contributed by atoms with Gasteiger partial charge in [0.25, 0.3) is 0 Å². The number of benzene rings is 1. The van der Waals surface area contributed by atoms with E-state index in [1.54, 1.807) is 24.3 Å². The van der Waals surface area contributed by atoms with Crippen LogP contribution in [0.15, 0.2) is 28.7 Å². The third-order valence-electron chi connectivity index (χ3n) is 1.58. The highest BCUT2D eigenvalue weighted by atomic mass is 79.9. The Balaban J connectivity index is 2.14. The van der Waals surface area contributed by atoms with Gasteiger partial charge in [-0.15, -0.1) is 0 Å². The molecule has 0 saturated carbocycles. The van der Waals surface area contributed by atoms with Crippen molar-refractivity contribution in [2.75, 3.05) is 19.8 Å². The van der Waals surface area contributed by atoms with E-state index in [-0.39, 0.29) is 13.2 Å². The molecule has 0 N–H and O–H groups in total. The van der Waals surface area contributed by atoms with Crippen molar-refractivity contribution in [2.24, 2.45) is 0 Å². The van der Waals surface area contributed by atoms with Crippen molar-refractivity contribution in [3.63, 3.8) is 0 Å². The van der Waals surface area contributed by atoms with Crippen LogP contribution in [-0.4, -0.2) is 26.0 Å². The highest BCUT2D eigenvalue weighted by Gasteiger charge is 2.27. The average Bonchev–Trinajstić information content (AvgIpc) is 2.19. The summed E-state index contributed by atoms with van der Waals surface area (Å²) in [6.07, 6.45) is -4.28. The van der Waals surface area contributed by atoms with Crippen LogP contribution in [0.3, 0.4) is 0 Å². The van der Waals surface area contributed by atoms with Crippen LogP contribution >= 0.6 is 15.9 Å². The van der Waals surface area contributed by atoms with E-state index < -0.39 is 12.8 Å². The van der Waals surface area contributed by atoms with Crippen LogP contribution in [0.4, 0.5) is 13.2 Å². The Morgan fingerprint density at radius 1 is 1.06 bits per heavy atom. The highest BCUT2D eigenvalue weighted by Crippen LogP contribution is 2.16. The topological polar surface area (TPSA) is 18.5 Å². The predicted molar refractivity (Wildman–Crippen MR) is 56.5 cm³/mol. The first-order chi connectivity index (χ1) is 7.47. The minimum absolute atomic E-state index is 0.0877. The Morgan fingerprint density at radius 2 is 1.69 bits per heavy atom. The molecule has 0 heterocycles. The number of hydrogen-bond acceptors (Lipinski definition) is 2. The van der Waals surface area contributed by atoms with E-state index in [4.69, 9.17) is 4.74 Å². The molecule has 0 unspecified atom stereocenters. The van der Waals surface area contributed by atoms with E-state index in [9.17, 15) is 13.2 Å². The molecule has 0 aromatic heterocycles. The van der Waals surface area contributed by atoms with E-state index in [0.29, 0.717) is 5.75 Å². The molecular weight excluding hydrogens is 289 g/mol. The van der Waals surface area contributed by atoms with Crippen LogP contribution < -0.4 is 4.74 Å². The fourth-order valence-corrected chi connectivity index (χ4v) is 1.20. The van der Waals surface area contributed by atoms with E-state index in [1.807, 2.05) is 0 Å². The molecule has 1 aromatic carbocycles. The van der Waals surface area contributed by atoms with Crippen molar-refractivity contribution in [3.05, 3.63) is 28.7 Å². The van der Waals surface area contributed by atoms with E-state index >= 15 is 0 Å². The summed E-state index contributed by atoms with van der Waals surface area (Å²) < 4.78 is 45.5. The van der Waals surface area contributed by atoms with Gasteiger partial charge in [0.2, 0.25) is 0 Å². The summed E-state index contributed by atoms with van der Waals surface area (Å²) >= 11 is 3.26. The van der Waals surface area contributed by atoms with Gasteiger partial charge in [-0.3, -0.25) is 0 Å². The van der Waals surface area contributed by atoms with Gasteiger partial charge >= 0.3 is 6.18 Å². The Bertz CT molecular complexity index is 311. The fourth-order valence-electron chi connectivity index (χ4n) is 0.937. The first-order valence-corrected chi connectivity index (χ1v) is 5.29. The summed E-state index contributed by atoms with van der Waals surface area (Å²) in [6.45, 7) is -1.23. The minimum atomic E-state index is -4.28. The van der Waals surface area contributed by atoms with Crippen LogP contribution in [0.2, 0.25) is 0 Å². The molecule has 0 aliphatic heterocycles. The van der Waals surface area contributed by atoms with Gasteiger partial charge in [-0.25, -0.2) is 0 Å². The Kier molecular flexibility index (Phi) is 5.08. The molecule has 0 atom stereocenters. The van der Waals surface area contributed by atoms with E-state index in [1.165, 1.54) is 0 Å². The van der Waals surface area contributed by atoms with Crippen molar-refractivity contribution in [1.29, 1.82) is 0 Å². The molecule has 0 aliphatic carbocycles. The minimum Gasteiger partial charge on any atom is -0.491 e. The van der Waals surface area contributed by atoms with Gasteiger partial charge in [0.15, 0.2) is 0 Å². The molecule has 1 rings (SSSR count). The molecule has 0 radical (unpaired) electrons. The van der Waals surface area contributed by atoms with Crippen LogP contribution in [0, 0.1) is 0 Å². The zero-order valence-corrected chi connectivity index (χ0v) is 9.85. The lowest BCUT2D eigenvalue weighted by Crippen LogP contribution is -2.19. The lowest BCUT2D eigenvalue weighted by atomic mass is 10.3. The third-order valence-corrected chi connectivity index (χ3v) is 2.10. The summed E-state index contributed by atoms with van der Waals surface area (Å²) in [7, 11) is 0. The van der Waals surface area contributed by atoms with Crippen molar-refractivity contribution >= 4 is 15.9 Å². The second kappa shape index (κ2) is 6.10. The maximum absolute atomic E-state index is 11.7. The largest absolute Gasteiger partial charge is 0.491 e. The molecule has 0 amide bonds. The Hall–Kier alpha value is -0.750. The molecule has 6 heteroatoms. The molecule has 16 heavy (non-hydrogen) atoms. The first-order valence-electron chi connectivity index (χ1n) is 4.50. The van der Waals surface area contributed by atoms with Gasteiger partial charge < -0.3 is 9.47 Å². The summed E-state index contributed by atoms with van der Waals surface area (Å²) in [4.78, 5) is 0. The molecule has 90 valence electrons.